The zero-order valence-electron chi connectivity index (χ0n) is 12.6. The van der Waals surface area contributed by atoms with Gasteiger partial charge < -0.3 is 15.8 Å². The quantitative estimate of drug-likeness (QED) is 0.733. The van der Waals surface area contributed by atoms with E-state index in [-0.39, 0.29) is 16.5 Å². The predicted octanol–water partition coefficient (Wildman–Crippen LogP) is 1.55. The number of anilines is 2. The predicted molar refractivity (Wildman–Crippen MR) is 83.8 cm³/mol. The summed E-state index contributed by atoms with van der Waals surface area (Å²) in [5.41, 5.74) is 6.50. The Morgan fingerprint density at radius 3 is 2.71 bits per heavy atom. The summed E-state index contributed by atoms with van der Waals surface area (Å²) in [6.45, 7) is 4.73. The molecule has 1 aromatic rings. The van der Waals surface area contributed by atoms with Crippen LogP contribution in [0.2, 0.25) is 0 Å². The van der Waals surface area contributed by atoms with E-state index in [1.54, 1.807) is 12.1 Å². The Morgan fingerprint density at radius 1 is 1.38 bits per heavy atom. The van der Waals surface area contributed by atoms with Crippen LogP contribution in [-0.2, 0) is 14.8 Å². The molecule has 1 aromatic carbocycles. The normalized spacial score (nSPS) is 22.0. The van der Waals surface area contributed by atoms with Crippen molar-refractivity contribution in [1.29, 1.82) is 0 Å². The van der Waals surface area contributed by atoms with Crippen LogP contribution in [0, 0.1) is 0 Å². The molecule has 1 heterocycles. The number of nitrogens with one attached hydrogen (secondary N) is 2. The first kappa shape index (κ1) is 16.1. The lowest BCUT2D eigenvalue weighted by molar-refractivity contribution is -0.0553. The lowest BCUT2D eigenvalue weighted by Crippen LogP contribution is -2.40. The van der Waals surface area contributed by atoms with Crippen LogP contribution in [0.15, 0.2) is 23.1 Å². The molecular weight excluding hydrogens is 290 g/mol. The van der Waals surface area contributed by atoms with Crippen molar-refractivity contribution in [2.24, 2.45) is 0 Å². The van der Waals surface area contributed by atoms with Crippen molar-refractivity contribution < 1.29 is 13.2 Å². The van der Waals surface area contributed by atoms with E-state index in [0.29, 0.717) is 18.0 Å². The molecule has 2 rings (SSSR count). The number of hydrogen-bond donors (Lipinski definition) is 3. The summed E-state index contributed by atoms with van der Waals surface area (Å²) in [7, 11) is -2.17. The minimum atomic E-state index is -3.55. The summed E-state index contributed by atoms with van der Waals surface area (Å²) < 4.78 is 32.2. The van der Waals surface area contributed by atoms with Gasteiger partial charge in [-0.3, -0.25) is 0 Å². The molecule has 0 amide bonds. The molecule has 0 aliphatic carbocycles. The summed E-state index contributed by atoms with van der Waals surface area (Å²) in [4.78, 5) is 0.175. The first-order chi connectivity index (χ1) is 9.73. The van der Waals surface area contributed by atoms with Crippen molar-refractivity contribution in [1.82, 2.24) is 4.72 Å². The number of hydrogen-bond acceptors (Lipinski definition) is 5. The van der Waals surface area contributed by atoms with Crippen LogP contribution in [0.5, 0.6) is 0 Å². The second-order valence-corrected chi connectivity index (χ2v) is 7.76. The minimum Gasteiger partial charge on any atom is -0.399 e. The van der Waals surface area contributed by atoms with Gasteiger partial charge in [-0.15, -0.1) is 0 Å². The summed E-state index contributed by atoms with van der Waals surface area (Å²) in [5, 5.41) is 3.32. The van der Waals surface area contributed by atoms with Gasteiger partial charge in [-0.05, 0) is 51.9 Å². The highest BCUT2D eigenvalue weighted by atomic mass is 32.2. The molecule has 1 unspecified atom stereocenters. The molecule has 7 heteroatoms. The van der Waals surface area contributed by atoms with Crippen LogP contribution in [-0.4, -0.2) is 33.7 Å². The van der Waals surface area contributed by atoms with Crippen molar-refractivity contribution in [3.63, 3.8) is 0 Å². The third-order valence-electron chi connectivity index (χ3n) is 3.62. The van der Waals surface area contributed by atoms with Gasteiger partial charge in [0.1, 0.15) is 4.90 Å². The fraction of sp³-hybridized carbons (Fsp3) is 0.571. The molecule has 0 aromatic heterocycles. The van der Waals surface area contributed by atoms with Gasteiger partial charge in [-0.1, -0.05) is 0 Å². The average Bonchev–Trinajstić information content (AvgIpc) is 2.39. The molecule has 118 valence electrons. The fourth-order valence-electron chi connectivity index (χ4n) is 2.57. The van der Waals surface area contributed by atoms with E-state index >= 15 is 0 Å². The second kappa shape index (κ2) is 5.82. The average molecular weight is 313 g/mol. The van der Waals surface area contributed by atoms with E-state index in [4.69, 9.17) is 10.5 Å². The summed E-state index contributed by atoms with van der Waals surface area (Å²) in [6, 6.07) is 5.05. The van der Waals surface area contributed by atoms with Gasteiger partial charge in [0.2, 0.25) is 10.0 Å². The van der Waals surface area contributed by atoms with Crippen molar-refractivity contribution in [2.75, 3.05) is 24.7 Å². The number of rotatable bonds is 4. The third kappa shape index (κ3) is 3.87. The summed E-state index contributed by atoms with van der Waals surface area (Å²) >= 11 is 0. The number of ether oxygens (including phenoxy) is 1. The number of nitrogens with two attached hydrogens (primary N) is 1. The minimum absolute atomic E-state index is 0.170. The molecule has 0 radical (unpaired) electrons. The number of benzene rings is 1. The Hall–Kier alpha value is -1.31. The van der Waals surface area contributed by atoms with Gasteiger partial charge >= 0.3 is 0 Å². The van der Waals surface area contributed by atoms with Gasteiger partial charge in [0.25, 0.3) is 0 Å². The van der Waals surface area contributed by atoms with Crippen LogP contribution >= 0.6 is 0 Å². The van der Waals surface area contributed by atoms with E-state index in [2.05, 4.69) is 10.0 Å². The highest BCUT2D eigenvalue weighted by Gasteiger charge is 2.29. The van der Waals surface area contributed by atoms with Gasteiger partial charge in [0.15, 0.2) is 0 Å². The van der Waals surface area contributed by atoms with Crippen LogP contribution in [0.1, 0.15) is 26.7 Å². The Bertz CT molecular complexity index is 614. The third-order valence-corrected chi connectivity index (χ3v) is 5.07. The zero-order valence-corrected chi connectivity index (χ0v) is 13.5. The van der Waals surface area contributed by atoms with Gasteiger partial charge in [-0.25, -0.2) is 13.1 Å². The maximum absolute atomic E-state index is 12.1. The van der Waals surface area contributed by atoms with Crippen molar-refractivity contribution in [3.8, 4) is 0 Å². The van der Waals surface area contributed by atoms with E-state index in [1.165, 1.54) is 13.1 Å². The molecule has 1 aliphatic rings. The maximum Gasteiger partial charge on any atom is 0.242 e. The molecule has 4 N–H and O–H groups in total. The largest absolute Gasteiger partial charge is 0.399 e. The molecule has 0 bridgehead atoms. The topological polar surface area (TPSA) is 93.5 Å². The molecule has 1 saturated heterocycles. The van der Waals surface area contributed by atoms with Gasteiger partial charge in [-0.2, -0.15) is 0 Å². The molecule has 6 nitrogen and oxygen atoms in total. The molecule has 1 atom stereocenters. The highest BCUT2D eigenvalue weighted by molar-refractivity contribution is 7.89. The Morgan fingerprint density at radius 2 is 2.10 bits per heavy atom. The standard InChI is InChI=1S/C14H23N3O3S/c1-14(2)9-11(6-7-20-14)17-12-5-4-10(15)8-13(12)21(18,19)16-3/h4-5,8,11,16-17H,6-7,9,15H2,1-3H3. The van der Waals surface area contributed by atoms with Crippen molar-refractivity contribution in [2.45, 2.75) is 43.2 Å². The number of nitrogen functional groups attached to an aromatic ring is 1. The first-order valence-corrected chi connectivity index (χ1v) is 8.45. The molecule has 0 spiro atoms. The second-order valence-electron chi connectivity index (χ2n) is 5.91. The molecule has 0 saturated carbocycles. The SMILES string of the molecule is CNS(=O)(=O)c1cc(N)ccc1NC1CCOC(C)(C)C1. The van der Waals surface area contributed by atoms with Crippen LogP contribution < -0.4 is 15.8 Å². The lowest BCUT2D eigenvalue weighted by atomic mass is 9.94. The maximum atomic E-state index is 12.1. The van der Waals surface area contributed by atoms with Gasteiger partial charge in [0.05, 0.1) is 11.3 Å². The monoisotopic (exact) mass is 313 g/mol. The van der Waals surface area contributed by atoms with Crippen LogP contribution in [0.3, 0.4) is 0 Å². The zero-order chi connectivity index (χ0) is 15.7. The van der Waals surface area contributed by atoms with E-state index in [1.807, 2.05) is 13.8 Å². The highest BCUT2D eigenvalue weighted by Crippen LogP contribution is 2.29. The Kier molecular flexibility index (Phi) is 4.46. The molecular formula is C14H23N3O3S. The van der Waals surface area contributed by atoms with Crippen molar-refractivity contribution in [3.05, 3.63) is 18.2 Å². The van der Waals surface area contributed by atoms with E-state index in [0.717, 1.165) is 12.8 Å². The lowest BCUT2D eigenvalue weighted by Gasteiger charge is -2.36. The fourth-order valence-corrected chi connectivity index (χ4v) is 3.49. The Labute approximate surface area is 126 Å². The summed E-state index contributed by atoms with van der Waals surface area (Å²) in [5.74, 6) is 0. The summed E-state index contributed by atoms with van der Waals surface area (Å²) in [6.07, 6.45) is 1.66. The van der Waals surface area contributed by atoms with E-state index < -0.39 is 10.0 Å². The van der Waals surface area contributed by atoms with E-state index in [9.17, 15) is 8.42 Å². The first-order valence-electron chi connectivity index (χ1n) is 6.97. The molecule has 1 aliphatic heterocycles. The van der Waals surface area contributed by atoms with Crippen molar-refractivity contribution >= 4 is 21.4 Å². The smallest absolute Gasteiger partial charge is 0.242 e. The molecule has 21 heavy (non-hydrogen) atoms. The van der Waals surface area contributed by atoms with Gasteiger partial charge in [0, 0.05) is 18.3 Å². The Balaban J connectivity index is 2.28. The number of sulfonamides is 1. The van der Waals surface area contributed by atoms with Crippen LogP contribution in [0.25, 0.3) is 0 Å². The van der Waals surface area contributed by atoms with Crippen LogP contribution in [0.4, 0.5) is 11.4 Å². The molecule has 1 fully saturated rings.